The van der Waals surface area contributed by atoms with Crippen molar-refractivity contribution in [3.8, 4) is 0 Å². The summed E-state index contributed by atoms with van der Waals surface area (Å²) in [5.41, 5.74) is -0.271. The first kappa shape index (κ1) is 14.5. The maximum absolute atomic E-state index is 12.2. The molecule has 1 aliphatic carbocycles. The van der Waals surface area contributed by atoms with Crippen LogP contribution in [0.15, 0.2) is 27.6 Å². The van der Waals surface area contributed by atoms with Gasteiger partial charge in [0.2, 0.25) is 10.0 Å². The van der Waals surface area contributed by atoms with Crippen LogP contribution in [0.3, 0.4) is 0 Å². The molecule has 104 valence electrons. The van der Waals surface area contributed by atoms with Crippen LogP contribution in [-0.4, -0.2) is 25.0 Å². The number of carboxylic acid groups (broad SMARTS) is 1. The first-order valence-corrected chi connectivity index (χ1v) is 8.14. The Morgan fingerprint density at radius 1 is 1.47 bits per heavy atom. The molecular formula is C12H14BrNO4S. The van der Waals surface area contributed by atoms with Crippen LogP contribution < -0.4 is 4.72 Å². The molecule has 1 aromatic carbocycles. The molecule has 2 N–H and O–H groups in total. The average Bonchev–Trinajstić information content (AvgIpc) is 3.08. The number of nitrogens with one attached hydrogen (secondary N) is 1. The molecule has 1 saturated carbocycles. The molecule has 7 heteroatoms. The molecule has 0 bridgehead atoms. The van der Waals surface area contributed by atoms with Crippen LogP contribution in [0.1, 0.15) is 36.5 Å². The van der Waals surface area contributed by atoms with Crippen molar-refractivity contribution in [1.82, 2.24) is 4.72 Å². The van der Waals surface area contributed by atoms with Crippen LogP contribution in [0, 0.1) is 0 Å². The molecule has 1 aromatic rings. The van der Waals surface area contributed by atoms with Crippen molar-refractivity contribution in [1.29, 1.82) is 0 Å². The van der Waals surface area contributed by atoms with Gasteiger partial charge in [-0.05, 0) is 53.4 Å². The highest BCUT2D eigenvalue weighted by atomic mass is 79.9. The van der Waals surface area contributed by atoms with Crippen LogP contribution in [-0.2, 0) is 10.0 Å². The molecule has 5 nitrogen and oxygen atoms in total. The number of carbonyl (C=O) groups is 1. The van der Waals surface area contributed by atoms with E-state index in [1.165, 1.54) is 18.2 Å². The highest BCUT2D eigenvalue weighted by Crippen LogP contribution is 2.39. The number of carboxylic acids is 1. The Labute approximate surface area is 120 Å². The van der Waals surface area contributed by atoms with E-state index in [4.69, 9.17) is 5.11 Å². The molecule has 0 aromatic heterocycles. The predicted octanol–water partition coefficient (Wildman–Crippen LogP) is 2.37. The fraction of sp³-hybridized carbons (Fsp3) is 0.417. The van der Waals surface area contributed by atoms with E-state index in [1.54, 1.807) is 0 Å². The van der Waals surface area contributed by atoms with Crippen LogP contribution in [0.2, 0.25) is 0 Å². The number of benzene rings is 1. The van der Waals surface area contributed by atoms with Gasteiger partial charge in [-0.2, -0.15) is 0 Å². The Kier molecular flexibility index (Phi) is 3.72. The van der Waals surface area contributed by atoms with Crippen molar-refractivity contribution >= 4 is 31.9 Å². The second-order valence-electron chi connectivity index (χ2n) is 4.69. The van der Waals surface area contributed by atoms with Gasteiger partial charge in [-0.15, -0.1) is 0 Å². The monoisotopic (exact) mass is 347 g/mol. The van der Waals surface area contributed by atoms with Crippen molar-refractivity contribution < 1.29 is 18.3 Å². The topological polar surface area (TPSA) is 83.5 Å². The van der Waals surface area contributed by atoms with Crippen molar-refractivity contribution in [3.05, 3.63) is 28.2 Å². The molecule has 0 spiro atoms. The van der Waals surface area contributed by atoms with E-state index in [-0.39, 0.29) is 20.5 Å². The van der Waals surface area contributed by atoms with Gasteiger partial charge in [-0.1, -0.05) is 6.92 Å². The lowest BCUT2D eigenvalue weighted by Gasteiger charge is -2.15. The van der Waals surface area contributed by atoms with Gasteiger partial charge < -0.3 is 5.11 Å². The van der Waals surface area contributed by atoms with Gasteiger partial charge >= 0.3 is 5.97 Å². The summed E-state index contributed by atoms with van der Waals surface area (Å²) in [5, 5.41) is 8.90. The Bertz CT molecular complexity index is 623. The minimum absolute atomic E-state index is 0.0376. The zero-order valence-electron chi connectivity index (χ0n) is 10.3. The second-order valence-corrected chi connectivity index (χ2v) is 7.22. The third kappa shape index (κ3) is 2.98. The second kappa shape index (κ2) is 4.88. The summed E-state index contributed by atoms with van der Waals surface area (Å²) >= 11 is 3.08. The zero-order chi connectivity index (χ0) is 14.3. The first-order valence-electron chi connectivity index (χ1n) is 5.86. The highest BCUT2D eigenvalue weighted by Gasteiger charge is 2.44. The molecule has 1 aliphatic rings. The van der Waals surface area contributed by atoms with E-state index in [2.05, 4.69) is 20.7 Å². The Hall–Kier alpha value is -0.920. The number of halogens is 1. The van der Waals surface area contributed by atoms with Gasteiger partial charge in [0.25, 0.3) is 0 Å². The summed E-state index contributed by atoms with van der Waals surface area (Å²) in [6, 6.07) is 3.91. The SMILES string of the molecule is CCC1(NS(=O)(=O)c2ccc(C(=O)O)c(Br)c2)CC1. The Morgan fingerprint density at radius 3 is 2.53 bits per heavy atom. The fourth-order valence-corrected chi connectivity index (χ4v) is 4.12. The summed E-state index contributed by atoms with van der Waals surface area (Å²) in [5.74, 6) is -1.10. The van der Waals surface area contributed by atoms with Crippen LogP contribution in [0.4, 0.5) is 0 Å². The van der Waals surface area contributed by atoms with Gasteiger partial charge in [0, 0.05) is 10.0 Å². The third-order valence-corrected chi connectivity index (χ3v) is 5.59. The minimum Gasteiger partial charge on any atom is -0.478 e. The number of aromatic carboxylic acids is 1. The molecule has 0 atom stereocenters. The van der Waals surface area contributed by atoms with Gasteiger partial charge in [-0.3, -0.25) is 0 Å². The molecule has 2 rings (SSSR count). The molecule has 0 radical (unpaired) electrons. The van der Waals surface area contributed by atoms with Gasteiger partial charge in [0.05, 0.1) is 10.5 Å². The zero-order valence-corrected chi connectivity index (χ0v) is 12.7. The summed E-state index contributed by atoms with van der Waals surface area (Å²) < 4.78 is 27.3. The van der Waals surface area contributed by atoms with Crippen molar-refractivity contribution in [3.63, 3.8) is 0 Å². The quantitative estimate of drug-likeness (QED) is 0.856. The van der Waals surface area contributed by atoms with Crippen molar-refractivity contribution in [2.45, 2.75) is 36.6 Å². The summed E-state index contributed by atoms with van der Waals surface area (Å²) in [4.78, 5) is 10.9. The molecule has 0 aliphatic heterocycles. The van der Waals surface area contributed by atoms with E-state index < -0.39 is 16.0 Å². The molecule has 0 unspecified atom stereocenters. The molecule has 1 fully saturated rings. The lowest BCUT2D eigenvalue weighted by atomic mass is 10.2. The summed E-state index contributed by atoms with van der Waals surface area (Å²) in [6.07, 6.45) is 2.44. The Balaban J connectivity index is 2.31. The summed E-state index contributed by atoms with van der Waals surface area (Å²) in [7, 11) is -3.61. The van der Waals surface area contributed by atoms with E-state index in [1.807, 2.05) is 6.92 Å². The van der Waals surface area contributed by atoms with Crippen LogP contribution in [0.5, 0.6) is 0 Å². The number of hydrogen-bond donors (Lipinski definition) is 2. The molecule has 0 amide bonds. The largest absolute Gasteiger partial charge is 0.478 e. The van der Waals surface area contributed by atoms with E-state index >= 15 is 0 Å². The van der Waals surface area contributed by atoms with Gasteiger partial charge in [0.1, 0.15) is 0 Å². The summed E-state index contributed by atoms with van der Waals surface area (Å²) in [6.45, 7) is 1.94. The average molecular weight is 348 g/mol. The lowest BCUT2D eigenvalue weighted by Crippen LogP contribution is -2.36. The normalized spacial score (nSPS) is 17.2. The van der Waals surface area contributed by atoms with E-state index in [9.17, 15) is 13.2 Å². The van der Waals surface area contributed by atoms with E-state index in [0.29, 0.717) is 0 Å². The fourth-order valence-electron chi connectivity index (χ4n) is 1.86. The molecule has 0 heterocycles. The molecular weight excluding hydrogens is 334 g/mol. The lowest BCUT2D eigenvalue weighted by molar-refractivity contribution is 0.0695. The predicted molar refractivity (Wildman–Crippen MR) is 73.7 cm³/mol. The third-order valence-electron chi connectivity index (χ3n) is 3.36. The highest BCUT2D eigenvalue weighted by molar-refractivity contribution is 9.10. The Morgan fingerprint density at radius 2 is 2.11 bits per heavy atom. The maximum Gasteiger partial charge on any atom is 0.336 e. The minimum atomic E-state index is -3.61. The standard InChI is InChI=1S/C12H14BrNO4S/c1-2-12(5-6-12)14-19(17,18)8-3-4-9(11(15)16)10(13)7-8/h3-4,7,14H,2,5-6H2,1H3,(H,15,16). The van der Waals surface area contributed by atoms with Crippen molar-refractivity contribution in [2.75, 3.05) is 0 Å². The smallest absolute Gasteiger partial charge is 0.336 e. The van der Waals surface area contributed by atoms with Crippen LogP contribution in [0.25, 0.3) is 0 Å². The van der Waals surface area contributed by atoms with Gasteiger partial charge in [0.15, 0.2) is 0 Å². The number of sulfonamides is 1. The van der Waals surface area contributed by atoms with Crippen LogP contribution >= 0.6 is 15.9 Å². The molecule has 19 heavy (non-hydrogen) atoms. The maximum atomic E-state index is 12.2. The van der Waals surface area contributed by atoms with Crippen molar-refractivity contribution in [2.24, 2.45) is 0 Å². The van der Waals surface area contributed by atoms with Gasteiger partial charge in [-0.25, -0.2) is 17.9 Å². The van der Waals surface area contributed by atoms with E-state index in [0.717, 1.165) is 19.3 Å². The number of hydrogen-bond acceptors (Lipinski definition) is 3. The first-order chi connectivity index (χ1) is 8.80. The number of rotatable bonds is 5. The molecule has 0 saturated heterocycles.